The standard InChI is InChI=1S/C11H17NO3.ClH/c1-15-8-4-5-9(11(14)7-8)10(12)3-2-6-13;/h4-5,7,10,13-14H,2-3,6,12H2,1H3;1H/t10-;/m1./s1. The van der Waals surface area contributed by atoms with Gasteiger partial charge in [-0.25, -0.2) is 0 Å². The van der Waals surface area contributed by atoms with Crippen LogP contribution in [0, 0.1) is 0 Å². The number of phenolic OH excluding ortho intramolecular Hbond substituents is 1. The summed E-state index contributed by atoms with van der Waals surface area (Å²) in [6.07, 6.45) is 1.28. The molecule has 1 aromatic carbocycles. The van der Waals surface area contributed by atoms with Crippen LogP contribution >= 0.6 is 12.4 Å². The normalized spacial score (nSPS) is 11.7. The zero-order valence-corrected chi connectivity index (χ0v) is 10.0. The lowest BCUT2D eigenvalue weighted by atomic mass is 10.0. The van der Waals surface area contributed by atoms with E-state index < -0.39 is 0 Å². The smallest absolute Gasteiger partial charge is 0.124 e. The lowest BCUT2D eigenvalue weighted by Gasteiger charge is -2.13. The van der Waals surface area contributed by atoms with Gasteiger partial charge in [0.05, 0.1) is 7.11 Å². The highest BCUT2D eigenvalue weighted by atomic mass is 35.5. The molecule has 0 amide bonds. The average molecular weight is 248 g/mol. The fraction of sp³-hybridized carbons (Fsp3) is 0.455. The van der Waals surface area contributed by atoms with E-state index in [9.17, 15) is 5.11 Å². The van der Waals surface area contributed by atoms with Gasteiger partial charge in [-0.15, -0.1) is 12.4 Å². The summed E-state index contributed by atoms with van der Waals surface area (Å²) in [5.41, 5.74) is 6.55. The first kappa shape index (κ1) is 15.0. The van der Waals surface area contributed by atoms with Gasteiger partial charge in [0.2, 0.25) is 0 Å². The van der Waals surface area contributed by atoms with Crippen LogP contribution in [0.3, 0.4) is 0 Å². The molecule has 0 radical (unpaired) electrons. The number of aliphatic hydroxyl groups is 1. The molecule has 1 rings (SSSR count). The van der Waals surface area contributed by atoms with Crippen molar-refractivity contribution in [2.24, 2.45) is 5.73 Å². The highest BCUT2D eigenvalue weighted by molar-refractivity contribution is 5.85. The molecule has 4 N–H and O–H groups in total. The molecule has 0 aliphatic carbocycles. The van der Waals surface area contributed by atoms with Crippen LogP contribution in [-0.4, -0.2) is 23.9 Å². The van der Waals surface area contributed by atoms with Crippen LogP contribution < -0.4 is 10.5 Å². The van der Waals surface area contributed by atoms with Crippen molar-refractivity contribution in [3.63, 3.8) is 0 Å². The van der Waals surface area contributed by atoms with E-state index >= 15 is 0 Å². The Morgan fingerprint density at radius 3 is 2.62 bits per heavy atom. The third-order valence-corrected chi connectivity index (χ3v) is 2.31. The molecule has 0 fully saturated rings. The summed E-state index contributed by atoms with van der Waals surface area (Å²) < 4.78 is 4.97. The molecular formula is C11H18ClNO3. The van der Waals surface area contributed by atoms with Crippen LogP contribution in [0.4, 0.5) is 0 Å². The molecule has 0 aromatic heterocycles. The second-order valence-electron chi connectivity index (χ2n) is 3.40. The van der Waals surface area contributed by atoms with Crippen LogP contribution in [0.15, 0.2) is 18.2 Å². The van der Waals surface area contributed by atoms with Crippen molar-refractivity contribution < 1.29 is 14.9 Å². The molecule has 0 saturated heterocycles. The van der Waals surface area contributed by atoms with Gasteiger partial charge in [0.15, 0.2) is 0 Å². The predicted molar refractivity (Wildman–Crippen MR) is 65.2 cm³/mol. The van der Waals surface area contributed by atoms with Crippen molar-refractivity contribution in [3.05, 3.63) is 23.8 Å². The second-order valence-corrected chi connectivity index (χ2v) is 3.40. The SMILES string of the molecule is COc1ccc([C@H](N)CCCO)c(O)c1.Cl. The number of phenols is 1. The molecule has 0 bridgehead atoms. The Bertz CT molecular complexity index is 320. The quantitative estimate of drug-likeness (QED) is 0.739. The molecule has 0 unspecified atom stereocenters. The lowest BCUT2D eigenvalue weighted by Crippen LogP contribution is -2.11. The molecule has 0 spiro atoms. The van der Waals surface area contributed by atoms with Gasteiger partial charge in [0.1, 0.15) is 11.5 Å². The number of ether oxygens (including phenoxy) is 1. The van der Waals surface area contributed by atoms with Gasteiger partial charge in [-0.05, 0) is 18.9 Å². The van der Waals surface area contributed by atoms with Crippen molar-refractivity contribution >= 4 is 12.4 Å². The Labute approximate surface area is 101 Å². The summed E-state index contributed by atoms with van der Waals surface area (Å²) in [5.74, 6) is 0.741. The molecule has 5 heteroatoms. The van der Waals surface area contributed by atoms with Gasteiger partial charge in [0.25, 0.3) is 0 Å². The Kier molecular flexibility index (Phi) is 6.88. The summed E-state index contributed by atoms with van der Waals surface area (Å²) in [6, 6.07) is 4.79. The monoisotopic (exact) mass is 247 g/mol. The average Bonchev–Trinajstić information content (AvgIpc) is 2.25. The van der Waals surface area contributed by atoms with E-state index in [0.717, 1.165) is 0 Å². The Balaban J connectivity index is 0.00000225. The van der Waals surface area contributed by atoms with Crippen molar-refractivity contribution in [1.82, 2.24) is 0 Å². The molecular weight excluding hydrogens is 230 g/mol. The molecule has 92 valence electrons. The number of methoxy groups -OCH3 is 1. The van der Waals surface area contributed by atoms with Gasteiger partial charge in [-0.3, -0.25) is 0 Å². The number of benzene rings is 1. The van der Waals surface area contributed by atoms with Crippen LogP contribution in [0.5, 0.6) is 11.5 Å². The Morgan fingerprint density at radius 2 is 2.12 bits per heavy atom. The summed E-state index contributed by atoms with van der Waals surface area (Å²) in [6.45, 7) is 0.116. The lowest BCUT2D eigenvalue weighted by molar-refractivity contribution is 0.279. The molecule has 0 saturated carbocycles. The molecule has 16 heavy (non-hydrogen) atoms. The van der Waals surface area contributed by atoms with Crippen molar-refractivity contribution in [2.75, 3.05) is 13.7 Å². The maximum atomic E-state index is 9.67. The number of aliphatic hydroxyl groups excluding tert-OH is 1. The topological polar surface area (TPSA) is 75.7 Å². The van der Waals surface area contributed by atoms with E-state index in [4.69, 9.17) is 15.6 Å². The number of nitrogens with two attached hydrogens (primary N) is 1. The first-order valence-corrected chi connectivity index (χ1v) is 4.92. The first-order valence-electron chi connectivity index (χ1n) is 4.92. The van der Waals surface area contributed by atoms with Crippen LogP contribution in [0.1, 0.15) is 24.4 Å². The van der Waals surface area contributed by atoms with Gasteiger partial charge < -0.3 is 20.7 Å². The molecule has 0 aliphatic heterocycles. The Hall–Kier alpha value is -0.970. The Morgan fingerprint density at radius 1 is 1.44 bits per heavy atom. The van der Waals surface area contributed by atoms with E-state index in [-0.39, 0.29) is 30.8 Å². The molecule has 0 heterocycles. The van der Waals surface area contributed by atoms with Gasteiger partial charge in [-0.2, -0.15) is 0 Å². The zero-order chi connectivity index (χ0) is 11.3. The number of hydrogen-bond donors (Lipinski definition) is 3. The second kappa shape index (κ2) is 7.33. The summed E-state index contributed by atoms with van der Waals surface area (Å²) in [5, 5.41) is 18.3. The van der Waals surface area contributed by atoms with Crippen molar-refractivity contribution in [3.8, 4) is 11.5 Å². The third kappa shape index (κ3) is 3.89. The predicted octanol–water partition coefficient (Wildman–Crippen LogP) is 1.59. The largest absolute Gasteiger partial charge is 0.507 e. The zero-order valence-electron chi connectivity index (χ0n) is 9.22. The molecule has 1 atom stereocenters. The summed E-state index contributed by atoms with van der Waals surface area (Å²) >= 11 is 0. The number of aromatic hydroxyl groups is 1. The van der Waals surface area contributed by atoms with E-state index in [2.05, 4.69) is 0 Å². The van der Waals surface area contributed by atoms with Gasteiger partial charge in [0, 0.05) is 24.3 Å². The number of rotatable bonds is 5. The highest BCUT2D eigenvalue weighted by Crippen LogP contribution is 2.29. The van der Waals surface area contributed by atoms with E-state index in [0.29, 0.717) is 24.2 Å². The van der Waals surface area contributed by atoms with Gasteiger partial charge in [-0.1, -0.05) is 6.07 Å². The van der Waals surface area contributed by atoms with Gasteiger partial charge >= 0.3 is 0 Å². The number of hydrogen-bond acceptors (Lipinski definition) is 4. The van der Waals surface area contributed by atoms with Crippen LogP contribution in [-0.2, 0) is 0 Å². The molecule has 0 aliphatic rings. The molecule has 1 aromatic rings. The maximum Gasteiger partial charge on any atom is 0.124 e. The minimum absolute atomic E-state index is 0. The van der Waals surface area contributed by atoms with Crippen LogP contribution in [0.25, 0.3) is 0 Å². The van der Waals surface area contributed by atoms with Crippen LogP contribution in [0.2, 0.25) is 0 Å². The third-order valence-electron chi connectivity index (χ3n) is 2.31. The van der Waals surface area contributed by atoms with E-state index in [1.165, 1.54) is 6.07 Å². The first-order chi connectivity index (χ1) is 7.19. The van der Waals surface area contributed by atoms with E-state index in [1.54, 1.807) is 19.2 Å². The molecule has 4 nitrogen and oxygen atoms in total. The minimum atomic E-state index is -0.247. The minimum Gasteiger partial charge on any atom is -0.507 e. The fourth-order valence-corrected chi connectivity index (χ4v) is 1.43. The van der Waals surface area contributed by atoms with E-state index in [1.807, 2.05) is 0 Å². The fourth-order valence-electron chi connectivity index (χ4n) is 1.43. The highest BCUT2D eigenvalue weighted by Gasteiger charge is 2.11. The maximum absolute atomic E-state index is 9.67. The summed E-state index contributed by atoms with van der Waals surface area (Å²) in [4.78, 5) is 0. The van der Waals surface area contributed by atoms with Crippen molar-refractivity contribution in [1.29, 1.82) is 0 Å². The summed E-state index contributed by atoms with van der Waals surface area (Å²) in [7, 11) is 1.54. The van der Waals surface area contributed by atoms with Crippen molar-refractivity contribution in [2.45, 2.75) is 18.9 Å². The number of halogens is 1.